The van der Waals surface area contributed by atoms with Crippen molar-refractivity contribution < 1.29 is 4.79 Å². The number of hydrogen-bond donors (Lipinski definition) is 1. The van der Waals surface area contributed by atoms with E-state index < -0.39 is 0 Å². The van der Waals surface area contributed by atoms with Crippen LogP contribution in [0.2, 0.25) is 0 Å². The molecule has 2 N–H and O–H groups in total. The largest absolute Gasteiger partial charge is 0.337 e. The Morgan fingerprint density at radius 3 is 2.72 bits per heavy atom. The summed E-state index contributed by atoms with van der Waals surface area (Å²) in [6.07, 6.45) is 5.02. The zero-order chi connectivity index (χ0) is 13.5. The van der Waals surface area contributed by atoms with Crippen molar-refractivity contribution in [3.63, 3.8) is 0 Å². The Morgan fingerprint density at radius 1 is 1.39 bits per heavy atom. The third-order valence-electron chi connectivity index (χ3n) is 3.84. The second-order valence-electron chi connectivity index (χ2n) is 5.46. The van der Waals surface area contributed by atoms with E-state index in [1.165, 1.54) is 0 Å². The van der Waals surface area contributed by atoms with E-state index in [9.17, 15) is 4.79 Å². The van der Waals surface area contributed by atoms with Gasteiger partial charge in [0.25, 0.3) is 0 Å². The second kappa shape index (κ2) is 7.74. The van der Waals surface area contributed by atoms with E-state index in [4.69, 9.17) is 5.73 Å². The highest BCUT2D eigenvalue weighted by atomic mass is 16.2. The average Bonchev–Trinajstić information content (AvgIpc) is 2.56. The van der Waals surface area contributed by atoms with Crippen LogP contribution in [0.3, 0.4) is 0 Å². The second-order valence-corrected chi connectivity index (χ2v) is 5.46. The van der Waals surface area contributed by atoms with E-state index in [0.717, 1.165) is 51.7 Å². The number of rotatable bonds is 5. The first kappa shape index (κ1) is 15.4. The fourth-order valence-electron chi connectivity index (χ4n) is 2.64. The lowest BCUT2D eigenvalue weighted by Gasteiger charge is -2.32. The molecule has 1 amide bonds. The molecular formula is C14H29N3O. The smallest absolute Gasteiger partial charge is 0.239 e. The zero-order valence-electron chi connectivity index (χ0n) is 12.2. The van der Waals surface area contributed by atoms with E-state index in [0.29, 0.717) is 6.04 Å². The molecule has 0 radical (unpaired) electrons. The maximum Gasteiger partial charge on any atom is 0.239 e. The summed E-state index contributed by atoms with van der Waals surface area (Å²) < 4.78 is 0. The van der Waals surface area contributed by atoms with Crippen molar-refractivity contribution in [3.05, 3.63) is 0 Å². The highest BCUT2D eigenvalue weighted by molar-refractivity contribution is 5.82. The summed E-state index contributed by atoms with van der Waals surface area (Å²) in [5, 5.41) is 0. The van der Waals surface area contributed by atoms with Crippen molar-refractivity contribution >= 4 is 5.91 Å². The predicted octanol–water partition coefficient (Wildman–Crippen LogP) is 1.45. The number of nitrogens with zero attached hydrogens (tertiary/aromatic N) is 2. The van der Waals surface area contributed by atoms with Crippen LogP contribution in [0.1, 0.15) is 46.0 Å². The molecule has 0 aromatic rings. The van der Waals surface area contributed by atoms with Gasteiger partial charge in [-0.15, -0.1) is 0 Å². The van der Waals surface area contributed by atoms with Gasteiger partial charge in [0.05, 0.1) is 6.04 Å². The summed E-state index contributed by atoms with van der Waals surface area (Å²) in [5.74, 6) is 0.158. The molecule has 1 aliphatic heterocycles. The van der Waals surface area contributed by atoms with Crippen molar-refractivity contribution in [2.45, 2.75) is 58.0 Å². The van der Waals surface area contributed by atoms with Gasteiger partial charge in [-0.1, -0.05) is 26.7 Å². The quantitative estimate of drug-likeness (QED) is 0.809. The predicted molar refractivity (Wildman–Crippen MR) is 75.4 cm³/mol. The lowest BCUT2D eigenvalue weighted by atomic mass is 10.1. The Labute approximate surface area is 111 Å². The number of unbranched alkanes of at least 4 members (excludes halogenated alkanes) is 1. The van der Waals surface area contributed by atoms with E-state index in [1.807, 2.05) is 4.90 Å². The molecule has 0 saturated carbocycles. The number of carbonyl (C=O) groups is 1. The van der Waals surface area contributed by atoms with E-state index in [-0.39, 0.29) is 11.9 Å². The Morgan fingerprint density at radius 2 is 2.11 bits per heavy atom. The van der Waals surface area contributed by atoms with Gasteiger partial charge in [0.1, 0.15) is 0 Å². The molecule has 4 nitrogen and oxygen atoms in total. The minimum atomic E-state index is -0.303. The number of nitrogens with two attached hydrogens (primary N) is 1. The molecule has 1 aliphatic rings. The fraction of sp³-hybridized carbons (Fsp3) is 0.929. The van der Waals surface area contributed by atoms with Crippen molar-refractivity contribution in [1.29, 1.82) is 0 Å². The summed E-state index contributed by atoms with van der Waals surface area (Å²) in [6.45, 7) is 7.20. The highest BCUT2D eigenvalue weighted by Gasteiger charge is 2.28. The van der Waals surface area contributed by atoms with Crippen LogP contribution in [-0.2, 0) is 4.79 Å². The third-order valence-corrected chi connectivity index (χ3v) is 3.84. The maximum absolute atomic E-state index is 12.4. The van der Waals surface area contributed by atoms with Gasteiger partial charge in [-0.25, -0.2) is 0 Å². The van der Waals surface area contributed by atoms with Gasteiger partial charge in [-0.05, 0) is 32.9 Å². The van der Waals surface area contributed by atoms with Crippen LogP contribution in [0.4, 0.5) is 0 Å². The first-order chi connectivity index (χ1) is 8.60. The van der Waals surface area contributed by atoms with E-state index in [1.54, 1.807) is 0 Å². The minimum Gasteiger partial charge on any atom is -0.337 e. The molecule has 4 heteroatoms. The molecule has 2 atom stereocenters. The van der Waals surface area contributed by atoms with Crippen molar-refractivity contribution in [2.75, 3.05) is 26.7 Å². The van der Waals surface area contributed by atoms with Gasteiger partial charge >= 0.3 is 0 Å². The molecule has 1 fully saturated rings. The average molecular weight is 255 g/mol. The van der Waals surface area contributed by atoms with Crippen LogP contribution >= 0.6 is 0 Å². The molecule has 1 rings (SSSR count). The first-order valence-corrected chi connectivity index (χ1v) is 7.34. The molecule has 0 spiro atoms. The molecule has 1 heterocycles. The SMILES string of the molecule is CCCC[C@H](N)C(=O)N1CCCN(C)CC1CC. The number of hydrogen-bond acceptors (Lipinski definition) is 3. The molecule has 1 unspecified atom stereocenters. The summed E-state index contributed by atoms with van der Waals surface area (Å²) in [4.78, 5) is 16.8. The zero-order valence-corrected chi connectivity index (χ0v) is 12.2. The monoisotopic (exact) mass is 255 g/mol. The molecule has 0 aliphatic carbocycles. The van der Waals surface area contributed by atoms with E-state index in [2.05, 4.69) is 25.8 Å². The van der Waals surface area contributed by atoms with Crippen LogP contribution in [0.15, 0.2) is 0 Å². The first-order valence-electron chi connectivity index (χ1n) is 7.34. The van der Waals surface area contributed by atoms with Crippen LogP contribution < -0.4 is 5.73 Å². The number of carbonyl (C=O) groups excluding carboxylic acids is 1. The molecule has 1 saturated heterocycles. The Hall–Kier alpha value is -0.610. The lowest BCUT2D eigenvalue weighted by Crippen LogP contribution is -2.50. The van der Waals surface area contributed by atoms with Crippen LogP contribution in [-0.4, -0.2) is 54.5 Å². The van der Waals surface area contributed by atoms with Crippen LogP contribution in [0.5, 0.6) is 0 Å². The van der Waals surface area contributed by atoms with Gasteiger partial charge in [0, 0.05) is 19.1 Å². The highest BCUT2D eigenvalue weighted by Crippen LogP contribution is 2.14. The Kier molecular flexibility index (Phi) is 6.65. The van der Waals surface area contributed by atoms with Crippen molar-refractivity contribution in [3.8, 4) is 0 Å². The normalized spacial score (nSPS) is 23.8. The molecule has 106 valence electrons. The van der Waals surface area contributed by atoms with Gasteiger partial charge in [0.2, 0.25) is 5.91 Å². The summed E-state index contributed by atoms with van der Waals surface area (Å²) in [6, 6.07) is 0.0279. The summed E-state index contributed by atoms with van der Waals surface area (Å²) in [7, 11) is 2.13. The molecular weight excluding hydrogens is 226 g/mol. The summed E-state index contributed by atoms with van der Waals surface area (Å²) in [5.41, 5.74) is 6.03. The molecule has 0 bridgehead atoms. The maximum atomic E-state index is 12.4. The standard InChI is InChI=1S/C14H29N3O/c1-4-6-8-13(15)14(18)17-10-7-9-16(3)11-12(17)5-2/h12-13H,4-11,15H2,1-3H3/t12?,13-/m0/s1. The molecule has 0 aromatic carbocycles. The van der Waals surface area contributed by atoms with Gasteiger partial charge in [-0.3, -0.25) is 4.79 Å². The lowest BCUT2D eigenvalue weighted by molar-refractivity contribution is -0.135. The Balaban J connectivity index is 2.62. The van der Waals surface area contributed by atoms with Crippen LogP contribution in [0, 0.1) is 0 Å². The van der Waals surface area contributed by atoms with Gasteiger partial charge in [-0.2, -0.15) is 0 Å². The van der Waals surface area contributed by atoms with Gasteiger partial charge in [0.15, 0.2) is 0 Å². The van der Waals surface area contributed by atoms with Gasteiger partial charge < -0.3 is 15.5 Å². The minimum absolute atomic E-state index is 0.158. The fourth-order valence-corrected chi connectivity index (χ4v) is 2.64. The Bertz CT molecular complexity index is 257. The number of amides is 1. The molecule has 18 heavy (non-hydrogen) atoms. The molecule has 0 aromatic heterocycles. The topological polar surface area (TPSA) is 49.6 Å². The third kappa shape index (κ3) is 4.25. The number of likely N-dealkylation sites (N-methyl/N-ethyl adjacent to an activating group) is 1. The summed E-state index contributed by atoms with van der Waals surface area (Å²) >= 11 is 0. The van der Waals surface area contributed by atoms with E-state index >= 15 is 0 Å². The van der Waals surface area contributed by atoms with Crippen LogP contribution in [0.25, 0.3) is 0 Å². The van der Waals surface area contributed by atoms with Crippen molar-refractivity contribution in [1.82, 2.24) is 9.80 Å². The van der Waals surface area contributed by atoms with Crippen molar-refractivity contribution in [2.24, 2.45) is 5.73 Å².